The number of hydrogen-bond acceptors (Lipinski definition) is 4. The third-order valence-electron chi connectivity index (χ3n) is 5.95. The van der Waals surface area contributed by atoms with Crippen LogP contribution in [0.15, 0.2) is 53.6 Å². The van der Waals surface area contributed by atoms with Crippen molar-refractivity contribution in [1.82, 2.24) is 9.91 Å². The van der Waals surface area contributed by atoms with E-state index in [4.69, 9.17) is 11.6 Å². The Labute approximate surface area is 183 Å². The second-order valence-electron chi connectivity index (χ2n) is 7.91. The van der Waals surface area contributed by atoms with E-state index in [1.165, 1.54) is 11.3 Å². The van der Waals surface area contributed by atoms with Crippen LogP contribution >= 0.6 is 11.6 Å². The lowest BCUT2D eigenvalue weighted by Crippen LogP contribution is -2.47. The van der Waals surface area contributed by atoms with Crippen LogP contribution in [0.25, 0.3) is 0 Å². The number of carbonyl (C=O) groups excluding carboxylic acids is 1. The highest BCUT2D eigenvalue weighted by molar-refractivity contribution is 6.30. The fourth-order valence-corrected chi connectivity index (χ4v) is 4.29. The molecule has 0 aromatic heterocycles. The van der Waals surface area contributed by atoms with Crippen LogP contribution in [0.2, 0.25) is 5.02 Å². The van der Waals surface area contributed by atoms with Crippen LogP contribution in [0, 0.1) is 0 Å². The Morgan fingerprint density at radius 3 is 2.47 bits per heavy atom. The second kappa shape index (κ2) is 9.63. The summed E-state index contributed by atoms with van der Waals surface area (Å²) >= 11 is 6.13. The van der Waals surface area contributed by atoms with Crippen molar-refractivity contribution in [3.05, 3.63) is 64.7 Å². The summed E-state index contributed by atoms with van der Waals surface area (Å²) in [4.78, 5) is 16.8. The maximum absolute atomic E-state index is 11.8. The molecule has 0 unspecified atom stereocenters. The molecule has 1 amide bonds. The van der Waals surface area contributed by atoms with Crippen molar-refractivity contribution < 1.29 is 4.79 Å². The first-order chi connectivity index (χ1) is 14.6. The Morgan fingerprint density at radius 2 is 1.77 bits per heavy atom. The minimum absolute atomic E-state index is 0.119. The number of anilines is 1. The average molecular weight is 425 g/mol. The Hall–Kier alpha value is -2.37. The number of halogens is 1. The van der Waals surface area contributed by atoms with Gasteiger partial charge in [-0.2, -0.15) is 5.10 Å². The highest BCUT2D eigenvalue weighted by atomic mass is 35.5. The largest absolute Gasteiger partial charge is 0.369 e. The zero-order valence-electron chi connectivity index (χ0n) is 17.6. The Kier molecular flexibility index (Phi) is 6.70. The predicted octanol–water partition coefficient (Wildman–Crippen LogP) is 4.05. The SMILES string of the molecule is CCN1N=C(c2ccc(CCN3CCN(c4cccc(Cl)c4)CC3)cc2)CCC1=O. The van der Waals surface area contributed by atoms with Crippen LogP contribution in [0.1, 0.15) is 30.9 Å². The molecule has 30 heavy (non-hydrogen) atoms. The molecule has 0 radical (unpaired) electrons. The van der Waals surface area contributed by atoms with E-state index in [0.29, 0.717) is 13.0 Å². The number of rotatable bonds is 6. The van der Waals surface area contributed by atoms with Gasteiger partial charge in [0.15, 0.2) is 0 Å². The van der Waals surface area contributed by atoms with E-state index in [1.54, 1.807) is 5.01 Å². The second-order valence-corrected chi connectivity index (χ2v) is 8.35. The molecule has 0 atom stereocenters. The van der Waals surface area contributed by atoms with Gasteiger partial charge in [-0.15, -0.1) is 0 Å². The number of benzene rings is 2. The molecule has 2 aliphatic heterocycles. The van der Waals surface area contributed by atoms with E-state index >= 15 is 0 Å². The molecule has 0 saturated carbocycles. The Morgan fingerprint density at radius 1 is 1.00 bits per heavy atom. The van der Waals surface area contributed by atoms with Gasteiger partial charge in [-0.1, -0.05) is 41.9 Å². The smallest absolute Gasteiger partial charge is 0.243 e. The number of hydrogen-bond donors (Lipinski definition) is 0. The molecule has 158 valence electrons. The molecule has 2 aromatic carbocycles. The van der Waals surface area contributed by atoms with Crippen LogP contribution in [-0.4, -0.2) is 60.8 Å². The van der Waals surface area contributed by atoms with Gasteiger partial charge < -0.3 is 4.90 Å². The van der Waals surface area contributed by atoms with Crippen LogP contribution < -0.4 is 4.90 Å². The van der Waals surface area contributed by atoms with Crippen molar-refractivity contribution in [3.63, 3.8) is 0 Å². The molecule has 6 heteroatoms. The summed E-state index contributed by atoms with van der Waals surface area (Å²) in [5.41, 5.74) is 4.70. The molecule has 2 heterocycles. The third-order valence-corrected chi connectivity index (χ3v) is 6.19. The van der Waals surface area contributed by atoms with Gasteiger partial charge in [0, 0.05) is 62.8 Å². The summed E-state index contributed by atoms with van der Waals surface area (Å²) in [6.45, 7) is 7.87. The van der Waals surface area contributed by atoms with E-state index in [1.807, 2.05) is 25.1 Å². The number of carbonyl (C=O) groups is 1. The zero-order valence-corrected chi connectivity index (χ0v) is 18.3. The van der Waals surface area contributed by atoms with Crippen molar-refractivity contribution in [2.75, 3.05) is 44.2 Å². The van der Waals surface area contributed by atoms with E-state index in [-0.39, 0.29) is 5.91 Å². The molecule has 2 aliphatic rings. The molecule has 4 rings (SSSR count). The van der Waals surface area contributed by atoms with Crippen molar-refractivity contribution in [2.24, 2.45) is 5.10 Å². The lowest BCUT2D eigenvalue weighted by atomic mass is 10.0. The van der Waals surface area contributed by atoms with Gasteiger partial charge in [-0.25, -0.2) is 5.01 Å². The number of nitrogens with zero attached hydrogens (tertiary/aromatic N) is 4. The Bertz CT molecular complexity index is 904. The van der Waals surface area contributed by atoms with Crippen molar-refractivity contribution in [1.29, 1.82) is 0 Å². The first kappa shape index (κ1) is 20.9. The molecular weight excluding hydrogens is 396 g/mol. The van der Waals surface area contributed by atoms with Gasteiger partial charge in [-0.05, 0) is 42.7 Å². The standard InChI is InChI=1S/C24H29ClN4O/c1-2-29-24(30)11-10-23(26-29)20-8-6-19(7-9-20)12-13-27-14-16-28(17-15-27)22-5-3-4-21(25)18-22/h3-9,18H,2,10-17H2,1H3. The molecule has 5 nitrogen and oxygen atoms in total. The van der Waals surface area contributed by atoms with E-state index in [0.717, 1.165) is 61.9 Å². The normalized spacial score (nSPS) is 17.9. The molecule has 1 saturated heterocycles. The van der Waals surface area contributed by atoms with Gasteiger partial charge >= 0.3 is 0 Å². The van der Waals surface area contributed by atoms with E-state index in [9.17, 15) is 4.79 Å². The van der Waals surface area contributed by atoms with Gasteiger partial charge in [0.1, 0.15) is 0 Å². The summed E-state index contributed by atoms with van der Waals surface area (Å²) in [6, 6.07) is 16.8. The van der Waals surface area contributed by atoms with Crippen molar-refractivity contribution >= 4 is 28.9 Å². The summed E-state index contributed by atoms with van der Waals surface area (Å²) in [6.07, 6.45) is 2.32. The predicted molar refractivity (Wildman–Crippen MR) is 123 cm³/mol. The molecule has 0 spiro atoms. The van der Waals surface area contributed by atoms with Gasteiger partial charge in [0.25, 0.3) is 0 Å². The summed E-state index contributed by atoms with van der Waals surface area (Å²) in [5.74, 6) is 0.119. The summed E-state index contributed by atoms with van der Waals surface area (Å²) < 4.78 is 0. The average Bonchev–Trinajstić information content (AvgIpc) is 2.79. The summed E-state index contributed by atoms with van der Waals surface area (Å²) in [5, 5.41) is 6.89. The van der Waals surface area contributed by atoms with Crippen LogP contribution in [0.5, 0.6) is 0 Å². The lowest BCUT2D eigenvalue weighted by Gasteiger charge is -2.36. The molecule has 2 aromatic rings. The Balaban J connectivity index is 1.27. The molecule has 0 N–H and O–H groups in total. The highest BCUT2D eigenvalue weighted by Crippen LogP contribution is 2.21. The van der Waals surface area contributed by atoms with Crippen LogP contribution in [0.4, 0.5) is 5.69 Å². The lowest BCUT2D eigenvalue weighted by molar-refractivity contribution is -0.131. The topological polar surface area (TPSA) is 39.1 Å². The fourth-order valence-electron chi connectivity index (χ4n) is 4.11. The number of amides is 1. The minimum atomic E-state index is 0.119. The van der Waals surface area contributed by atoms with Crippen molar-refractivity contribution in [2.45, 2.75) is 26.2 Å². The van der Waals surface area contributed by atoms with E-state index in [2.05, 4.69) is 45.2 Å². The van der Waals surface area contributed by atoms with Crippen LogP contribution in [0.3, 0.4) is 0 Å². The van der Waals surface area contributed by atoms with E-state index < -0.39 is 0 Å². The maximum atomic E-state index is 11.8. The monoisotopic (exact) mass is 424 g/mol. The van der Waals surface area contributed by atoms with Gasteiger partial charge in [0.2, 0.25) is 5.91 Å². The fraction of sp³-hybridized carbons (Fsp3) is 0.417. The third kappa shape index (κ3) is 5.02. The number of piperazine rings is 1. The summed E-state index contributed by atoms with van der Waals surface area (Å²) in [7, 11) is 0. The molecular formula is C24H29ClN4O. The first-order valence-electron chi connectivity index (χ1n) is 10.8. The van der Waals surface area contributed by atoms with Gasteiger partial charge in [-0.3, -0.25) is 9.69 Å². The maximum Gasteiger partial charge on any atom is 0.243 e. The zero-order chi connectivity index (χ0) is 20.9. The minimum Gasteiger partial charge on any atom is -0.369 e. The van der Waals surface area contributed by atoms with Gasteiger partial charge in [0.05, 0.1) is 5.71 Å². The molecule has 0 aliphatic carbocycles. The first-order valence-corrected chi connectivity index (χ1v) is 11.2. The molecule has 0 bridgehead atoms. The highest BCUT2D eigenvalue weighted by Gasteiger charge is 2.20. The quantitative estimate of drug-likeness (QED) is 0.702. The van der Waals surface area contributed by atoms with Crippen molar-refractivity contribution in [3.8, 4) is 0 Å². The molecule has 1 fully saturated rings. The number of hydrazone groups is 1. The van der Waals surface area contributed by atoms with Crippen LogP contribution in [-0.2, 0) is 11.2 Å².